The summed E-state index contributed by atoms with van der Waals surface area (Å²) >= 11 is 0. The lowest BCUT2D eigenvalue weighted by Gasteiger charge is -2.11. The van der Waals surface area contributed by atoms with E-state index in [4.69, 9.17) is 0 Å². The Labute approximate surface area is 70.6 Å². The van der Waals surface area contributed by atoms with E-state index in [-0.39, 0.29) is 0 Å². The Morgan fingerprint density at radius 2 is 2.18 bits per heavy atom. The molecular formula is C10H21N. The van der Waals surface area contributed by atoms with Crippen molar-refractivity contribution in [1.82, 2.24) is 5.32 Å². The number of nitrogens with one attached hydrogen (secondary N) is 1. The van der Waals surface area contributed by atoms with E-state index in [1.807, 2.05) is 0 Å². The molecule has 0 bridgehead atoms. The Kier molecular flexibility index (Phi) is 4.60. The highest BCUT2D eigenvalue weighted by Gasteiger charge is 2.10. The average molecular weight is 155 g/mol. The maximum atomic E-state index is 3.45. The number of rotatable bonds is 3. The van der Waals surface area contributed by atoms with Crippen molar-refractivity contribution in [3.8, 4) is 0 Å². The Hall–Kier alpha value is -0.0400. The molecule has 1 nitrogen and oxygen atoms in total. The fourth-order valence-corrected chi connectivity index (χ4v) is 1.87. The molecule has 0 aliphatic carbocycles. The first-order valence-corrected chi connectivity index (χ1v) is 5.14. The maximum Gasteiger partial charge on any atom is -0.00463 e. The molecule has 0 amide bonds. The van der Waals surface area contributed by atoms with Crippen LogP contribution < -0.4 is 5.32 Å². The molecule has 1 rings (SSSR count). The molecule has 0 aromatic heterocycles. The molecule has 0 radical (unpaired) electrons. The van der Waals surface area contributed by atoms with Crippen molar-refractivity contribution in [2.45, 2.75) is 45.4 Å². The van der Waals surface area contributed by atoms with Crippen molar-refractivity contribution in [3.63, 3.8) is 0 Å². The van der Waals surface area contributed by atoms with Gasteiger partial charge in [0.15, 0.2) is 0 Å². The molecule has 0 aromatic carbocycles. The van der Waals surface area contributed by atoms with Crippen LogP contribution in [0.4, 0.5) is 0 Å². The second kappa shape index (κ2) is 5.59. The predicted octanol–water partition coefficient (Wildman–Crippen LogP) is 2.57. The summed E-state index contributed by atoms with van der Waals surface area (Å²) < 4.78 is 0. The highest BCUT2D eigenvalue weighted by Crippen LogP contribution is 2.19. The molecule has 1 N–H and O–H groups in total. The molecule has 1 heterocycles. The smallest absolute Gasteiger partial charge is 0.00463 e. The molecule has 1 heteroatoms. The molecule has 0 aromatic rings. The Bertz CT molecular complexity index is 82.9. The molecule has 1 fully saturated rings. The molecule has 1 aliphatic heterocycles. The summed E-state index contributed by atoms with van der Waals surface area (Å²) in [5.41, 5.74) is 0. The Morgan fingerprint density at radius 3 is 3.00 bits per heavy atom. The van der Waals surface area contributed by atoms with Crippen LogP contribution in [0, 0.1) is 5.92 Å². The first-order chi connectivity index (χ1) is 5.43. The monoisotopic (exact) mass is 155 g/mol. The fraction of sp³-hybridized carbons (Fsp3) is 1.00. The standard InChI is InChI=1S/C10H21N/c1-2-3-5-10-6-4-8-11-9-7-10/h10-11H,2-9H2,1H3. The van der Waals surface area contributed by atoms with E-state index in [1.165, 1.54) is 51.6 Å². The molecule has 66 valence electrons. The molecule has 1 saturated heterocycles. The summed E-state index contributed by atoms with van der Waals surface area (Å²) in [6.07, 6.45) is 8.55. The fourth-order valence-electron chi connectivity index (χ4n) is 1.87. The van der Waals surface area contributed by atoms with Crippen LogP contribution in [0.1, 0.15) is 45.4 Å². The summed E-state index contributed by atoms with van der Waals surface area (Å²) in [5, 5.41) is 3.45. The van der Waals surface area contributed by atoms with Crippen LogP contribution in [-0.4, -0.2) is 13.1 Å². The van der Waals surface area contributed by atoms with E-state index < -0.39 is 0 Å². The van der Waals surface area contributed by atoms with Crippen molar-refractivity contribution in [1.29, 1.82) is 0 Å². The van der Waals surface area contributed by atoms with Gasteiger partial charge in [-0.3, -0.25) is 0 Å². The molecule has 1 aliphatic rings. The van der Waals surface area contributed by atoms with Crippen LogP contribution in [0.15, 0.2) is 0 Å². The van der Waals surface area contributed by atoms with E-state index in [9.17, 15) is 0 Å². The van der Waals surface area contributed by atoms with Crippen molar-refractivity contribution < 1.29 is 0 Å². The quantitative estimate of drug-likeness (QED) is 0.660. The van der Waals surface area contributed by atoms with Gasteiger partial charge < -0.3 is 5.32 Å². The number of unbranched alkanes of at least 4 members (excludes halogenated alkanes) is 1. The highest BCUT2D eigenvalue weighted by atomic mass is 14.8. The lowest BCUT2D eigenvalue weighted by Crippen LogP contribution is -2.14. The topological polar surface area (TPSA) is 12.0 Å². The minimum absolute atomic E-state index is 1.03. The van der Waals surface area contributed by atoms with Gasteiger partial charge in [0.25, 0.3) is 0 Å². The zero-order chi connectivity index (χ0) is 7.94. The molecule has 0 saturated carbocycles. The second-order valence-electron chi connectivity index (χ2n) is 3.69. The minimum Gasteiger partial charge on any atom is -0.317 e. The summed E-state index contributed by atoms with van der Waals surface area (Å²) in [7, 11) is 0. The third-order valence-corrected chi connectivity index (χ3v) is 2.66. The van der Waals surface area contributed by atoms with Gasteiger partial charge in [0.1, 0.15) is 0 Å². The van der Waals surface area contributed by atoms with E-state index in [0.717, 1.165) is 5.92 Å². The van der Waals surface area contributed by atoms with E-state index in [0.29, 0.717) is 0 Å². The zero-order valence-electron chi connectivity index (χ0n) is 7.73. The normalized spacial score (nSPS) is 26.5. The van der Waals surface area contributed by atoms with Gasteiger partial charge in [-0.1, -0.05) is 26.2 Å². The van der Waals surface area contributed by atoms with Gasteiger partial charge in [-0.15, -0.1) is 0 Å². The maximum absolute atomic E-state index is 3.45. The molecule has 1 unspecified atom stereocenters. The number of hydrogen-bond acceptors (Lipinski definition) is 1. The molecule has 11 heavy (non-hydrogen) atoms. The molecular weight excluding hydrogens is 134 g/mol. The van der Waals surface area contributed by atoms with Gasteiger partial charge in [-0.05, 0) is 38.3 Å². The molecule has 1 atom stereocenters. The summed E-state index contributed by atoms with van der Waals surface area (Å²) in [4.78, 5) is 0. The largest absolute Gasteiger partial charge is 0.317 e. The van der Waals surface area contributed by atoms with Crippen LogP contribution in [0.25, 0.3) is 0 Å². The summed E-state index contributed by atoms with van der Waals surface area (Å²) in [6.45, 7) is 4.80. The van der Waals surface area contributed by atoms with Gasteiger partial charge in [-0.2, -0.15) is 0 Å². The summed E-state index contributed by atoms with van der Waals surface area (Å²) in [5.74, 6) is 1.03. The van der Waals surface area contributed by atoms with E-state index in [2.05, 4.69) is 12.2 Å². The van der Waals surface area contributed by atoms with Crippen LogP contribution in [-0.2, 0) is 0 Å². The lowest BCUT2D eigenvalue weighted by molar-refractivity contribution is 0.423. The Balaban J connectivity index is 2.09. The first-order valence-electron chi connectivity index (χ1n) is 5.14. The van der Waals surface area contributed by atoms with Gasteiger partial charge in [0.2, 0.25) is 0 Å². The van der Waals surface area contributed by atoms with Gasteiger partial charge in [0.05, 0.1) is 0 Å². The SMILES string of the molecule is CCCCC1CCCNCC1. The third-order valence-electron chi connectivity index (χ3n) is 2.66. The van der Waals surface area contributed by atoms with Crippen molar-refractivity contribution in [2.24, 2.45) is 5.92 Å². The van der Waals surface area contributed by atoms with Gasteiger partial charge >= 0.3 is 0 Å². The van der Waals surface area contributed by atoms with Crippen LogP contribution in [0.3, 0.4) is 0 Å². The number of hydrogen-bond donors (Lipinski definition) is 1. The molecule has 0 spiro atoms. The second-order valence-corrected chi connectivity index (χ2v) is 3.69. The highest BCUT2D eigenvalue weighted by molar-refractivity contribution is 4.66. The average Bonchev–Trinajstić information content (AvgIpc) is 2.28. The van der Waals surface area contributed by atoms with E-state index >= 15 is 0 Å². The van der Waals surface area contributed by atoms with Gasteiger partial charge in [0, 0.05) is 0 Å². The predicted molar refractivity (Wildman–Crippen MR) is 49.7 cm³/mol. The van der Waals surface area contributed by atoms with Crippen LogP contribution in [0.5, 0.6) is 0 Å². The van der Waals surface area contributed by atoms with Crippen molar-refractivity contribution in [2.75, 3.05) is 13.1 Å². The van der Waals surface area contributed by atoms with Crippen molar-refractivity contribution in [3.05, 3.63) is 0 Å². The van der Waals surface area contributed by atoms with Gasteiger partial charge in [-0.25, -0.2) is 0 Å². The summed E-state index contributed by atoms with van der Waals surface area (Å²) in [6, 6.07) is 0. The Morgan fingerprint density at radius 1 is 1.27 bits per heavy atom. The third kappa shape index (κ3) is 3.76. The lowest BCUT2D eigenvalue weighted by atomic mass is 9.95. The zero-order valence-corrected chi connectivity index (χ0v) is 7.73. The minimum atomic E-state index is 1.03. The van der Waals surface area contributed by atoms with E-state index in [1.54, 1.807) is 0 Å². The first kappa shape index (κ1) is 9.05. The van der Waals surface area contributed by atoms with Crippen LogP contribution in [0.2, 0.25) is 0 Å². The van der Waals surface area contributed by atoms with Crippen LogP contribution >= 0.6 is 0 Å². The van der Waals surface area contributed by atoms with Crippen molar-refractivity contribution >= 4 is 0 Å².